The van der Waals surface area contributed by atoms with Crippen molar-refractivity contribution in [1.82, 2.24) is 4.98 Å². The van der Waals surface area contributed by atoms with Crippen LogP contribution in [-0.2, 0) is 6.42 Å². The topological polar surface area (TPSA) is 32.9 Å². The van der Waals surface area contributed by atoms with Crippen LogP contribution >= 0.6 is 22.9 Å². The van der Waals surface area contributed by atoms with E-state index in [4.69, 9.17) is 11.6 Å². The van der Waals surface area contributed by atoms with Gasteiger partial charge in [0, 0.05) is 22.0 Å². The number of fused-ring (bicyclic) bond motifs is 1. The number of aryl methyl sites for hydroxylation is 1. The zero-order chi connectivity index (χ0) is 13.4. The van der Waals surface area contributed by atoms with Crippen LogP contribution in [0.15, 0.2) is 36.5 Å². The second kappa shape index (κ2) is 4.83. The van der Waals surface area contributed by atoms with Crippen molar-refractivity contribution >= 4 is 39.6 Å². The molecule has 1 N–H and O–H groups in total. The first-order valence-corrected chi connectivity index (χ1v) is 7.29. The van der Waals surface area contributed by atoms with Crippen LogP contribution in [0.5, 0.6) is 0 Å². The van der Waals surface area contributed by atoms with Gasteiger partial charge in [0.1, 0.15) is 0 Å². The smallest absolute Gasteiger partial charge is 0.205 e. The summed E-state index contributed by atoms with van der Waals surface area (Å²) in [6.45, 7) is 2.09. The van der Waals surface area contributed by atoms with Gasteiger partial charge in [0.2, 0.25) is 5.78 Å². The van der Waals surface area contributed by atoms with E-state index in [1.165, 1.54) is 4.88 Å². The molecule has 96 valence electrons. The van der Waals surface area contributed by atoms with Crippen molar-refractivity contribution in [3.8, 4) is 0 Å². The summed E-state index contributed by atoms with van der Waals surface area (Å²) in [5, 5.41) is 1.41. The van der Waals surface area contributed by atoms with E-state index >= 15 is 0 Å². The molecule has 3 aromatic rings. The standard InChI is InChI=1S/C15H12ClNOS/c1-2-9-6-7-13(19-9)15(18)10-8-17-12-5-3-4-11(16)14(10)12/h3-8,17H,2H2,1H3. The fourth-order valence-corrected chi connectivity index (χ4v) is 3.32. The number of hydrogen-bond donors (Lipinski definition) is 1. The van der Waals surface area contributed by atoms with Crippen molar-refractivity contribution in [2.24, 2.45) is 0 Å². The molecule has 2 nitrogen and oxygen atoms in total. The van der Waals surface area contributed by atoms with E-state index in [1.54, 1.807) is 23.6 Å². The lowest BCUT2D eigenvalue weighted by Crippen LogP contribution is -1.97. The molecule has 0 aliphatic heterocycles. The van der Waals surface area contributed by atoms with E-state index in [0.717, 1.165) is 22.2 Å². The lowest BCUT2D eigenvalue weighted by molar-refractivity contribution is 0.104. The van der Waals surface area contributed by atoms with E-state index in [2.05, 4.69) is 11.9 Å². The molecular weight excluding hydrogens is 278 g/mol. The van der Waals surface area contributed by atoms with Gasteiger partial charge in [-0.3, -0.25) is 4.79 Å². The third kappa shape index (κ3) is 2.09. The first kappa shape index (κ1) is 12.5. The molecule has 0 unspecified atom stereocenters. The number of carbonyl (C=O) groups is 1. The zero-order valence-electron chi connectivity index (χ0n) is 10.4. The Morgan fingerprint density at radius 1 is 1.32 bits per heavy atom. The average molecular weight is 290 g/mol. The predicted octanol–water partition coefficient (Wildman–Crippen LogP) is 4.68. The average Bonchev–Trinajstić information content (AvgIpc) is 3.05. The van der Waals surface area contributed by atoms with Crippen LogP contribution in [0.1, 0.15) is 27.0 Å². The number of nitrogens with one attached hydrogen (secondary N) is 1. The highest BCUT2D eigenvalue weighted by atomic mass is 35.5. The molecule has 3 rings (SSSR count). The van der Waals surface area contributed by atoms with Crippen molar-refractivity contribution in [3.63, 3.8) is 0 Å². The fraction of sp³-hybridized carbons (Fsp3) is 0.133. The summed E-state index contributed by atoms with van der Waals surface area (Å²) in [6.07, 6.45) is 2.69. The maximum atomic E-state index is 12.5. The minimum absolute atomic E-state index is 0.0315. The molecule has 0 bridgehead atoms. The number of thiophene rings is 1. The Morgan fingerprint density at radius 3 is 2.89 bits per heavy atom. The quantitative estimate of drug-likeness (QED) is 0.698. The van der Waals surface area contributed by atoms with E-state index in [0.29, 0.717) is 10.6 Å². The zero-order valence-corrected chi connectivity index (χ0v) is 11.9. The van der Waals surface area contributed by atoms with Crippen molar-refractivity contribution in [1.29, 1.82) is 0 Å². The summed E-state index contributed by atoms with van der Waals surface area (Å²) in [6, 6.07) is 9.50. The molecule has 2 aromatic heterocycles. The molecular formula is C15H12ClNOS. The van der Waals surface area contributed by atoms with Crippen molar-refractivity contribution < 1.29 is 4.79 Å². The number of rotatable bonds is 3. The monoisotopic (exact) mass is 289 g/mol. The highest BCUT2D eigenvalue weighted by molar-refractivity contribution is 7.14. The van der Waals surface area contributed by atoms with Gasteiger partial charge in [0.25, 0.3) is 0 Å². The second-order valence-corrected chi connectivity index (χ2v) is 5.89. The van der Waals surface area contributed by atoms with Crippen LogP contribution in [0.2, 0.25) is 5.02 Å². The van der Waals surface area contributed by atoms with Gasteiger partial charge in [0.05, 0.1) is 15.5 Å². The second-order valence-electron chi connectivity index (χ2n) is 4.31. The third-order valence-electron chi connectivity index (χ3n) is 3.13. The summed E-state index contributed by atoms with van der Waals surface area (Å²) >= 11 is 7.75. The maximum absolute atomic E-state index is 12.5. The molecule has 0 saturated carbocycles. The molecule has 4 heteroatoms. The van der Waals surface area contributed by atoms with Crippen LogP contribution in [-0.4, -0.2) is 10.8 Å². The van der Waals surface area contributed by atoms with Crippen LogP contribution < -0.4 is 0 Å². The number of ketones is 1. The number of aromatic amines is 1. The van der Waals surface area contributed by atoms with Gasteiger partial charge < -0.3 is 4.98 Å². The molecule has 0 amide bonds. The summed E-state index contributed by atoms with van der Waals surface area (Å²) < 4.78 is 0. The van der Waals surface area contributed by atoms with E-state index in [-0.39, 0.29) is 5.78 Å². The molecule has 0 saturated heterocycles. The fourth-order valence-electron chi connectivity index (χ4n) is 2.14. The van der Waals surface area contributed by atoms with Gasteiger partial charge in [-0.15, -0.1) is 11.3 Å². The van der Waals surface area contributed by atoms with E-state index in [9.17, 15) is 4.79 Å². The van der Waals surface area contributed by atoms with Crippen LogP contribution in [0.4, 0.5) is 0 Å². The molecule has 0 aliphatic rings. The van der Waals surface area contributed by atoms with Gasteiger partial charge in [-0.1, -0.05) is 24.6 Å². The minimum atomic E-state index is 0.0315. The Hall–Kier alpha value is -1.58. The Balaban J connectivity index is 2.11. The van der Waals surface area contributed by atoms with Gasteiger partial charge in [0.15, 0.2) is 0 Å². The van der Waals surface area contributed by atoms with Crippen LogP contribution in [0, 0.1) is 0 Å². The van der Waals surface area contributed by atoms with Crippen molar-refractivity contribution in [2.75, 3.05) is 0 Å². The number of carbonyl (C=O) groups excluding carboxylic acids is 1. The lowest BCUT2D eigenvalue weighted by Gasteiger charge is -1.98. The summed E-state index contributed by atoms with van der Waals surface area (Å²) in [7, 11) is 0. The first-order chi connectivity index (χ1) is 9.20. The molecule has 0 radical (unpaired) electrons. The van der Waals surface area contributed by atoms with Gasteiger partial charge in [-0.25, -0.2) is 0 Å². The first-order valence-electron chi connectivity index (χ1n) is 6.09. The molecule has 0 fully saturated rings. The van der Waals surface area contributed by atoms with Gasteiger partial charge in [-0.05, 0) is 30.7 Å². The molecule has 0 aliphatic carbocycles. The number of aromatic nitrogens is 1. The summed E-state index contributed by atoms with van der Waals surface area (Å²) in [5.41, 5.74) is 1.54. The molecule has 1 aromatic carbocycles. The Labute approximate surface area is 120 Å². The Bertz CT molecular complexity index is 756. The summed E-state index contributed by atoms with van der Waals surface area (Å²) in [5.74, 6) is 0.0315. The van der Waals surface area contributed by atoms with Gasteiger partial charge in [-0.2, -0.15) is 0 Å². The minimum Gasteiger partial charge on any atom is -0.360 e. The molecule has 2 heterocycles. The largest absolute Gasteiger partial charge is 0.360 e. The third-order valence-corrected chi connectivity index (χ3v) is 4.68. The molecule has 0 atom stereocenters. The lowest BCUT2D eigenvalue weighted by atomic mass is 10.1. The van der Waals surface area contributed by atoms with Crippen molar-refractivity contribution in [2.45, 2.75) is 13.3 Å². The van der Waals surface area contributed by atoms with Crippen LogP contribution in [0.3, 0.4) is 0 Å². The van der Waals surface area contributed by atoms with Crippen LogP contribution in [0.25, 0.3) is 10.9 Å². The SMILES string of the molecule is CCc1ccc(C(=O)c2c[nH]c3cccc(Cl)c23)s1. The molecule has 19 heavy (non-hydrogen) atoms. The number of benzene rings is 1. The molecule has 0 spiro atoms. The normalized spacial score (nSPS) is 11.1. The van der Waals surface area contributed by atoms with E-state index < -0.39 is 0 Å². The van der Waals surface area contributed by atoms with Crippen molar-refractivity contribution in [3.05, 3.63) is 56.9 Å². The highest BCUT2D eigenvalue weighted by Crippen LogP contribution is 2.29. The Morgan fingerprint density at radius 2 is 2.16 bits per heavy atom. The number of halogens is 1. The summed E-state index contributed by atoms with van der Waals surface area (Å²) in [4.78, 5) is 17.6. The Kier molecular flexibility index (Phi) is 3.17. The van der Waals surface area contributed by atoms with E-state index in [1.807, 2.05) is 24.3 Å². The van der Waals surface area contributed by atoms with Gasteiger partial charge >= 0.3 is 0 Å². The predicted molar refractivity (Wildman–Crippen MR) is 80.4 cm³/mol. The maximum Gasteiger partial charge on any atom is 0.205 e. The number of hydrogen-bond acceptors (Lipinski definition) is 2. The number of H-pyrrole nitrogens is 1. The highest BCUT2D eigenvalue weighted by Gasteiger charge is 2.17.